The van der Waals surface area contributed by atoms with Crippen LogP contribution >= 0.6 is 12.2 Å². The second-order valence-corrected chi connectivity index (χ2v) is 8.98. The molecule has 0 radical (unpaired) electrons. The van der Waals surface area contributed by atoms with Gasteiger partial charge < -0.3 is 21.1 Å². The molecule has 1 saturated heterocycles. The Hall–Kier alpha value is -2.16. The van der Waals surface area contributed by atoms with Gasteiger partial charge in [-0.15, -0.1) is 0 Å². The van der Waals surface area contributed by atoms with Crippen LogP contribution in [-0.4, -0.2) is 42.3 Å². The van der Waals surface area contributed by atoms with Gasteiger partial charge in [-0.25, -0.2) is 8.42 Å². The van der Waals surface area contributed by atoms with E-state index in [2.05, 4.69) is 16.0 Å². The first-order chi connectivity index (χ1) is 12.3. The molecule has 26 heavy (non-hydrogen) atoms. The smallest absolute Gasteiger partial charge is 0.175 e. The molecule has 2 aromatic carbocycles. The van der Waals surface area contributed by atoms with Crippen molar-refractivity contribution in [3.8, 4) is 0 Å². The maximum absolute atomic E-state index is 11.6. The van der Waals surface area contributed by atoms with Crippen molar-refractivity contribution in [1.82, 2.24) is 0 Å². The summed E-state index contributed by atoms with van der Waals surface area (Å²) in [5.41, 5.74) is 3.63. The van der Waals surface area contributed by atoms with Crippen molar-refractivity contribution in [3.05, 3.63) is 54.1 Å². The SMILES string of the molecule is Cc1ccc(NC(=S)Nc2ccc(N[C@@H]3CS(=O)(=O)C[C@H]3O)cc2)cc1. The van der Waals surface area contributed by atoms with Crippen molar-refractivity contribution >= 4 is 44.2 Å². The molecule has 2 atom stereocenters. The Balaban J connectivity index is 1.56. The molecular weight excluding hydrogens is 370 g/mol. The molecule has 0 unspecified atom stereocenters. The Morgan fingerprint density at radius 2 is 1.46 bits per heavy atom. The summed E-state index contributed by atoms with van der Waals surface area (Å²) in [6, 6.07) is 14.7. The molecule has 4 N–H and O–H groups in total. The second kappa shape index (κ2) is 7.61. The molecule has 1 aliphatic rings. The topological polar surface area (TPSA) is 90.5 Å². The number of hydrogen-bond acceptors (Lipinski definition) is 5. The van der Waals surface area contributed by atoms with Crippen LogP contribution in [0.2, 0.25) is 0 Å². The van der Waals surface area contributed by atoms with E-state index in [9.17, 15) is 13.5 Å². The zero-order valence-corrected chi connectivity index (χ0v) is 15.9. The Morgan fingerprint density at radius 1 is 0.962 bits per heavy atom. The molecule has 3 rings (SSSR count). The van der Waals surface area contributed by atoms with Gasteiger partial charge in [0, 0.05) is 17.1 Å². The number of aliphatic hydroxyl groups excluding tert-OH is 1. The number of thiocarbonyl (C=S) groups is 1. The third kappa shape index (κ3) is 4.94. The normalized spacial score (nSPS) is 21.2. The predicted octanol–water partition coefficient (Wildman–Crippen LogP) is 2.37. The molecule has 0 spiro atoms. The van der Waals surface area contributed by atoms with Crippen molar-refractivity contribution in [2.24, 2.45) is 0 Å². The van der Waals surface area contributed by atoms with Crippen LogP contribution in [-0.2, 0) is 9.84 Å². The molecule has 138 valence electrons. The minimum Gasteiger partial charge on any atom is -0.390 e. The summed E-state index contributed by atoms with van der Waals surface area (Å²) in [6.07, 6.45) is -0.885. The van der Waals surface area contributed by atoms with Crippen molar-refractivity contribution in [2.75, 3.05) is 27.5 Å². The number of aliphatic hydroxyl groups is 1. The van der Waals surface area contributed by atoms with E-state index in [0.717, 1.165) is 17.1 Å². The summed E-state index contributed by atoms with van der Waals surface area (Å²) in [6.45, 7) is 2.02. The van der Waals surface area contributed by atoms with Crippen molar-refractivity contribution < 1.29 is 13.5 Å². The first kappa shape index (κ1) is 18.6. The van der Waals surface area contributed by atoms with E-state index in [0.29, 0.717) is 5.11 Å². The highest BCUT2D eigenvalue weighted by molar-refractivity contribution is 7.91. The van der Waals surface area contributed by atoms with Gasteiger partial charge in [0.15, 0.2) is 14.9 Å². The molecule has 1 heterocycles. The van der Waals surface area contributed by atoms with Crippen LogP contribution in [0.15, 0.2) is 48.5 Å². The number of anilines is 3. The average Bonchev–Trinajstić information content (AvgIpc) is 2.83. The Labute approximate surface area is 158 Å². The van der Waals surface area contributed by atoms with Gasteiger partial charge in [0.25, 0.3) is 0 Å². The predicted molar refractivity (Wildman–Crippen MR) is 110 cm³/mol. The van der Waals surface area contributed by atoms with E-state index in [1.165, 1.54) is 5.56 Å². The van der Waals surface area contributed by atoms with Crippen molar-refractivity contribution in [3.63, 3.8) is 0 Å². The lowest BCUT2D eigenvalue weighted by molar-refractivity contribution is 0.190. The first-order valence-electron chi connectivity index (χ1n) is 8.20. The number of hydrogen-bond donors (Lipinski definition) is 4. The van der Waals surface area contributed by atoms with E-state index in [4.69, 9.17) is 12.2 Å². The van der Waals surface area contributed by atoms with Gasteiger partial charge in [-0.1, -0.05) is 17.7 Å². The van der Waals surface area contributed by atoms with Gasteiger partial charge in [0.1, 0.15) is 0 Å². The highest BCUT2D eigenvalue weighted by Gasteiger charge is 2.36. The number of nitrogens with one attached hydrogen (secondary N) is 3. The summed E-state index contributed by atoms with van der Waals surface area (Å²) in [5, 5.41) is 19.6. The molecule has 0 aromatic heterocycles. The maximum atomic E-state index is 11.6. The van der Waals surface area contributed by atoms with E-state index in [1.54, 1.807) is 0 Å². The molecule has 0 saturated carbocycles. The third-order valence-electron chi connectivity index (χ3n) is 4.13. The van der Waals surface area contributed by atoms with Gasteiger partial charge in [-0.3, -0.25) is 0 Å². The summed E-state index contributed by atoms with van der Waals surface area (Å²) in [7, 11) is -3.17. The second-order valence-electron chi connectivity index (χ2n) is 6.42. The molecule has 1 fully saturated rings. The van der Waals surface area contributed by atoms with Gasteiger partial charge >= 0.3 is 0 Å². The lowest BCUT2D eigenvalue weighted by Crippen LogP contribution is -2.31. The fourth-order valence-corrected chi connectivity index (χ4v) is 4.74. The van der Waals surface area contributed by atoms with Crippen molar-refractivity contribution in [2.45, 2.75) is 19.1 Å². The number of rotatable bonds is 4. The summed E-state index contributed by atoms with van der Waals surface area (Å²) < 4.78 is 23.1. The highest BCUT2D eigenvalue weighted by Crippen LogP contribution is 2.20. The van der Waals surface area contributed by atoms with Crippen molar-refractivity contribution in [1.29, 1.82) is 0 Å². The largest absolute Gasteiger partial charge is 0.390 e. The van der Waals surface area contributed by atoms with Gasteiger partial charge in [-0.2, -0.15) is 0 Å². The fourth-order valence-electron chi connectivity index (χ4n) is 2.76. The lowest BCUT2D eigenvalue weighted by atomic mass is 10.2. The third-order valence-corrected chi connectivity index (χ3v) is 6.05. The molecule has 6 nitrogen and oxygen atoms in total. The monoisotopic (exact) mass is 391 g/mol. The molecule has 0 bridgehead atoms. The standard InChI is InChI=1S/C18H21N3O3S2/c1-12-2-4-14(5-3-12)20-18(25)21-15-8-6-13(7-9-15)19-16-10-26(23,24)11-17(16)22/h2-9,16-17,19,22H,10-11H2,1H3,(H2,20,21,25)/t16-,17-/m1/s1. The van der Waals surface area contributed by atoms with Crippen LogP contribution in [0.3, 0.4) is 0 Å². The molecular formula is C18H21N3O3S2. The van der Waals surface area contributed by atoms with Gasteiger partial charge in [0.05, 0.1) is 23.7 Å². The lowest BCUT2D eigenvalue weighted by Gasteiger charge is -2.17. The highest BCUT2D eigenvalue weighted by atomic mass is 32.2. The quantitative estimate of drug-likeness (QED) is 0.595. The van der Waals surface area contributed by atoms with Crippen LogP contribution in [0.5, 0.6) is 0 Å². The van der Waals surface area contributed by atoms with Gasteiger partial charge in [0.2, 0.25) is 0 Å². The molecule has 1 aliphatic heterocycles. The summed E-state index contributed by atoms with van der Waals surface area (Å²) >= 11 is 5.30. The number of benzene rings is 2. The van der Waals surface area contributed by atoms with Crippen LogP contribution in [0.1, 0.15) is 5.56 Å². The molecule has 0 aliphatic carbocycles. The minimum absolute atomic E-state index is 0.0568. The first-order valence-corrected chi connectivity index (χ1v) is 10.4. The minimum atomic E-state index is -3.17. The molecule has 8 heteroatoms. The van der Waals surface area contributed by atoms with Crippen LogP contribution in [0.4, 0.5) is 17.1 Å². The Kier molecular flexibility index (Phi) is 5.45. The average molecular weight is 392 g/mol. The zero-order chi connectivity index (χ0) is 18.7. The molecule has 2 aromatic rings. The van der Waals surface area contributed by atoms with Crippen LogP contribution < -0.4 is 16.0 Å². The van der Waals surface area contributed by atoms with Gasteiger partial charge in [-0.05, 0) is 55.5 Å². The number of sulfone groups is 1. The van der Waals surface area contributed by atoms with E-state index in [1.807, 2.05) is 55.5 Å². The van der Waals surface area contributed by atoms with E-state index in [-0.39, 0.29) is 11.5 Å². The summed E-state index contributed by atoms with van der Waals surface area (Å²) in [5.74, 6) is -0.248. The Morgan fingerprint density at radius 3 is 1.96 bits per heavy atom. The zero-order valence-electron chi connectivity index (χ0n) is 14.3. The summed E-state index contributed by atoms with van der Waals surface area (Å²) in [4.78, 5) is 0. The maximum Gasteiger partial charge on any atom is 0.175 e. The van der Waals surface area contributed by atoms with E-state index < -0.39 is 22.0 Å². The fraction of sp³-hybridized carbons (Fsp3) is 0.278. The van der Waals surface area contributed by atoms with E-state index >= 15 is 0 Å². The van der Waals surface area contributed by atoms with Crippen LogP contribution in [0.25, 0.3) is 0 Å². The van der Waals surface area contributed by atoms with Crippen LogP contribution in [0, 0.1) is 6.92 Å². The molecule has 0 amide bonds. The number of aryl methyl sites for hydroxylation is 1. The Bertz CT molecular complexity index is 881.